The van der Waals surface area contributed by atoms with Gasteiger partial charge in [0.1, 0.15) is 0 Å². The number of nitrogens with zero attached hydrogens (tertiary/aromatic N) is 5. The largest absolute Gasteiger partial charge is 0.289 e. The average Bonchev–Trinajstić information content (AvgIpc) is 3.02. The summed E-state index contributed by atoms with van der Waals surface area (Å²) >= 11 is 0. The Morgan fingerprint density at radius 1 is 1.37 bits per heavy atom. The number of amides is 1. The van der Waals surface area contributed by atoms with Crippen LogP contribution in [-0.4, -0.2) is 30.3 Å². The Balaban J connectivity index is 1.77. The minimum Gasteiger partial charge on any atom is -0.280 e. The van der Waals surface area contributed by atoms with Gasteiger partial charge in [-0.1, -0.05) is 0 Å². The third-order valence-electron chi connectivity index (χ3n) is 2.53. The highest BCUT2D eigenvalue weighted by Crippen LogP contribution is 2.04. The number of rotatable bonds is 3. The molecule has 3 aromatic heterocycles. The zero-order valence-corrected chi connectivity index (χ0v) is 10.1. The zero-order valence-electron chi connectivity index (χ0n) is 10.1. The monoisotopic (exact) mass is 257 g/mol. The molecule has 0 aliphatic rings. The lowest BCUT2D eigenvalue weighted by Crippen LogP contribution is -2.30. The molecule has 8 heteroatoms. The fourth-order valence-corrected chi connectivity index (χ4v) is 1.65. The van der Waals surface area contributed by atoms with Crippen molar-refractivity contribution in [2.75, 3.05) is 5.43 Å². The number of aromatic nitrogens is 5. The van der Waals surface area contributed by atoms with Crippen molar-refractivity contribution in [1.29, 1.82) is 0 Å². The summed E-state index contributed by atoms with van der Waals surface area (Å²) in [5, 5.41) is 8.15. The quantitative estimate of drug-likeness (QED) is 0.655. The Hall–Kier alpha value is -2.90. The van der Waals surface area contributed by atoms with Crippen LogP contribution in [0.15, 0.2) is 36.8 Å². The van der Waals surface area contributed by atoms with Gasteiger partial charge in [-0.05, 0) is 12.1 Å². The second kappa shape index (κ2) is 4.41. The van der Waals surface area contributed by atoms with Crippen molar-refractivity contribution in [3.8, 4) is 0 Å². The number of fused-ring (bicyclic) bond motifs is 1. The van der Waals surface area contributed by atoms with Gasteiger partial charge in [0.15, 0.2) is 17.2 Å². The minimum atomic E-state index is -0.336. The molecule has 3 heterocycles. The first-order valence-electron chi connectivity index (χ1n) is 5.59. The molecule has 0 radical (unpaired) electrons. The van der Waals surface area contributed by atoms with Crippen molar-refractivity contribution in [2.45, 2.75) is 0 Å². The first-order chi connectivity index (χ1) is 9.24. The van der Waals surface area contributed by atoms with E-state index < -0.39 is 0 Å². The lowest BCUT2D eigenvalue weighted by molar-refractivity contribution is 0.0955. The van der Waals surface area contributed by atoms with Crippen LogP contribution < -0.4 is 10.9 Å². The van der Waals surface area contributed by atoms with E-state index in [0.29, 0.717) is 17.2 Å². The fraction of sp³-hybridized carbons (Fsp3) is 0.0909. The maximum atomic E-state index is 12.0. The van der Waals surface area contributed by atoms with E-state index in [4.69, 9.17) is 0 Å². The molecule has 0 saturated carbocycles. The van der Waals surface area contributed by atoms with Crippen LogP contribution in [0.25, 0.3) is 5.65 Å². The van der Waals surface area contributed by atoms with Crippen LogP contribution in [0.2, 0.25) is 0 Å². The Morgan fingerprint density at radius 2 is 2.26 bits per heavy atom. The molecule has 0 unspecified atom stereocenters. The number of hydrogen-bond acceptors (Lipinski definition) is 5. The van der Waals surface area contributed by atoms with Gasteiger partial charge in [-0.15, -0.1) is 0 Å². The number of imidazole rings is 1. The Labute approximate surface area is 108 Å². The molecular weight excluding hydrogens is 246 g/mol. The van der Waals surface area contributed by atoms with Crippen LogP contribution in [0.5, 0.6) is 0 Å². The maximum Gasteiger partial charge on any atom is 0.289 e. The normalized spacial score (nSPS) is 10.6. The van der Waals surface area contributed by atoms with E-state index in [2.05, 4.69) is 26.0 Å². The molecule has 0 spiro atoms. The number of carbonyl (C=O) groups excluding carboxylic acids is 1. The number of hydrazine groups is 1. The van der Waals surface area contributed by atoms with Crippen molar-refractivity contribution in [3.63, 3.8) is 0 Å². The molecule has 19 heavy (non-hydrogen) atoms. The van der Waals surface area contributed by atoms with Gasteiger partial charge in [-0.25, -0.2) is 9.50 Å². The van der Waals surface area contributed by atoms with Gasteiger partial charge in [0.05, 0.1) is 6.20 Å². The van der Waals surface area contributed by atoms with Gasteiger partial charge in [0.2, 0.25) is 0 Å². The summed E-state index contributed by atoms with van der Waals surface area (Å²) in [6.45, 7) is 0. The Morgan fingerprint density at radius 3 is 3.05 bits per heavy atom. The number of aryl methyl sites for hydroxylation is 1. The van der Waals surface area contributed by atoms with Crippen LogP contribution in [0, 0.1) is 0 Å². The van der Waals surface area contributed by atoms with Gasteiger partial charge < -0.3 is 0 Å². The van der Waals surface area contributed by atoms with E-state index in [9.17, 15) is 4.79 Å². The molecular formula is C11H11N7O. The van der Waals surface area contributed by atoms with Crippen LogP contribution in [0.1, 0.15) is 10.5 Å². The van der Waals surface area contributed by atoms with Gasteiger partial charge in [0, 0.05) is 25.5 Å². The molecule has 96 valence electrons. The van der Waals surface area contributed by atoms with Crippen LogP contribution >= 0.6 is 0 Å². The average molecular weight is 257 g/mol. The highest BCUT2D eigenvalue weighted by Gasteiger charge is 2.12. The molecule has 0 saturated heterocycles. The van der Waals surface area contributed by atoms with Crippen LogP contribution in [0.4, 0.5) is 5.82 Å². The van der Waals surface area contributed by atoms with Crippen molar-refractivity contribution in [3.05, 3.63) is 42.5 Å². The summed E-state index contributed by atoms with van der Waals surface area (Å²) in [4.78, 5) is 16.1. The molecule has 0 atom stereocenters. The number of nitrogens with one attached hydrogen (secondary N) is 2. The summed E-state index contributed by atoms with van der Waals surface area (Å²) in [6, 6.07) is 5.28. The van der Waals surface area contributed by atoms with Crippen LogP contribution in [0.3, 0.4) is 0 Å². The summed E-state index contributed by atoms with van der Waals surface area (Å²) in [7, 11) is 1.79. The maximum absolute atomic E-state index is 12.0. The number of carbonyl (C=O) groups is 1. The van der Waals surface area contributed by atoms with E-state index >= 15 is 0 Å². The standard InChI is InChI=1S/C11H11N7O/c1-17-6-4-9(16-17)14-15-11(19)8-7-12-10-3-2-5-13-18(8)10/h2-7H,1H3,(H,14,16)(H,15,19). The molecule has 0 aliphatic heterocycles. The van der Waals surface area contributed by atoms with E-state index in [0.717, 1.165) is 0 Å². The Kier molecular flexibility index (Phi) is 2.60. The van der Waals surface area contributed by atoms with Gasteiger partial charge in [-0.2, -0.15) is 10.2 Å². The number of anilines is 1. The summed E-state index contributed by atoms with van der Waals surface area (Å²) in [5.41, 5.74) is 6.22. The second-order valence-electron chi connectivity index (χ2n) is 3.89. The molecule has 0 aliphatic carbocycles. The SMILES string of the molecule is Cn1ccc(NNC(=O)c2cnc3cccnn23)n1. The summed E-state index contributed by atoms with van der Waals surface area (Å²) in [6.07, 6.45) is 4.83. The first kappa shape index (κ1) is 11.2. The van der Waals surface area contributed by atoms with Crippen molar-refractivity contribution >= 4 is 17.4 Å². The molecule has 0 bridgehead atoms. The van der Waals surface area contributed by atoms with E-state index in [1.54, 1.807) is 42.3 Å². The zero-order chi connectivity index (χ0) is 13.2. The van der Waals surface area contributed by atoms with Crippen molar-refractivity contribution < 1.29 is 4.79 Å². The van der Waals surface area contributed by atoms with E-state index in [1.807, 2.05) is 0 Å². The molecule has 1 amide bonds. The summed E-state index contributed by atoms with van der Waals surface area (Å²) < 4.78 is 3.10. The molecule has 2 N–H and O–H groups in total. The highest BCUT2D eigenvalue weighted by atomic mass is 16.2. The van der Waals surface area contributed by atoms with E-state index in [1.165, 1.54) is 10.7 Å². The fourth-order valence-electron chi connectivity index (χ4n) is 1.65. The predicted octanol–water partition coefficient (Wildman–Crippen LogP) is 0.220. The lowest BCUT2D eigenvalue weighted by atomic mass is 10.4. The second-order valence-corrected chi connectivity index (χ2v) is 3.89. The minimum absolute atomic E-state index is 0.336. The van der Waals surface area contributed by atoms with Gasteiger partial charge >= 0.3 is 0 Å². The van der Waals surface area contributed by atoms with Crippen molar-refractivity contribution in [1.82, 2.24) is 29.8 Å². The third kappa shape index (κ3) is 2.10. The molecule has 8 nitrogen and oxygen atoms in total. The third-order valence-corrected chi connectivity index (χ3v) is 2.53. The molecule has 0 aromatic carbocycles. The Bertz CT molecular complexity index is 729. The lowest BCUT2D eigenvalue weighted by Gasteiger charge is -2.04. The molecule has 0 fully saturated rings. The number of hydrogen-bond donors (Lipinski definition) is 2. The summed E-state index contributed by atoms with van der Waals surface area (Å²) in [5.74, 6) is 0.217. The topological polar surface area (TPSA) is 89.1 Å². The predicted molar refractivity (Wildman–Crippen MR) is 67.3 cm³/mol. The highest BCUT2D eigenvalue weighted by molar-refractivity contribution is 5.93. The van der Waals surface area contributed by atoms with Gasteiger partial charge in [-0.3, -0.25) is 20.3 Å². The van der Waals surface area contributed by atoms with E-state index in [-0.39, 0.29) is 5.91 Å². The first-order valence-corrected chi connectivity index (χ1v) is 5.59. The van der Waals surface area contributed by atoms with Crippen molar-refractivity contribution in [2.24, 2.45) is 7.05 Å². The molecule has 3 aromatic rings. The molecule has 3 rings (SSSR count). The smallest absolute Gasteiger partial charge is 0.280 e. The van der Waals surface area contributed by atoms with Crippen LogP contribution in [-0.2, 0) is 7.05 Å². The van der Waals surface area contributed by atoms with Gasteiger partial charge in [0.25, 0.3) is 5.91 Å².